The minimum absolute atomic E-state index is 0.0680. The molecule has 1 heterocycles. The van der Waals surface area contributed by atoms with Gasteiger partial charge in [0.2, 0.25) is 0 Å². The molecule has 12 nitrogen and oxygen atoms in total. The number of nitro benzene ring substituents is 1. The van der Waals surface area contributed by atoms with Gasteiger partial charge < -0.3 is 20.1 Å². The van der Waals surface area contributed by atoms with Gasteiger partial charge in [-0.25, -0.2) is 4.79 Å². The van der Waals surface area contributed by atoms with E-state index in [1.165, 1.54) is 48.5 Å². The topological polar surface area (TPSA) is 159 Å². The molecule has 3 aromatic rings. The summed E-state index contributed by atoms with van der Waals surface area (Å²) in [5, 5.41) is 23.6. The number of carboxylic acids is 1. The molecule has 0 aliphatic carbocycles. The molecule has 1 saturated heterocycles. The lowest BCUT2D eigenvalue weighted by molar-refractivity contribution is -0.384. The summed E-state index contributed by atoms with van der Waals surface area (Å²) in [4.78, 5) is 64.8. The normalized spacial score (nSPS) is 15.2. The van der Waals surface area contributed by atoms with E-state index in [9.17, 15) is 34.4 Å². The van der Waals surface area contributed by atoms with Crippen LogP contribution in [-0.4, -0.2) is 63.0 Å². The van der Waals surface area contributed by atoms with Crippen molar-refractivity contribution in [2.75, 3.05) is 13.1 Å². The zero-order valence-electron chi connectivity index (χ0n) is 21.1. The maximum absolute atomic E-state index is 13.7. The molecule has 0 radical (unpaired) electrons. The second-order valence-electron chi connectivity index (χ2n) is 8.89. The summed E-state index contributed by atoms with van der Waals surface area (Å²) >= 11 is 12.1. The van der Waals surface area contributed by atoms with Gasteiger partial charge in [-0.3, -0.25) is 29.4 Å². The lowest BCUT2D eigenvalue weighted by Gasteiger charge is -2.30. The van der Waals surface area contributed by atoms with Crippen LogP contribution < -0.4 is 10.1 Å². The summed E-state index contributed by atoms with van der Waals surface area (Å²) in [5.74, 6) is -2.65. The minimum Gasteiger partial charge on any atom is -0.481 e. The number of carbonyl (C=O) groups is 4. The number of halogens is 2. The number of amides is 3. The number of rotatable bonds is 8. The molecule has 4 rings (SSSR count). The lowest BCUT2D eigenvalue weighted by Crippen LogP contribution is -2.55. The van der Waals surface area contributed by atoms with E-state index in [1.807, 2.05) is 0 Å². The van der Waals surface area contributed by atoms with Crippen LogP contribution in [0.3, 0.4) is 0 Å². The number of ether oxygens (including phenoxy) is 1. The lowest BCUT2D eigenvalue weighted by atomic mass is 10.0. The van der Waals surface area contributed by atoms with Gasteiger partial charge in [-0.2, -0.15) is 0 Å². The van der Waals surface area contributed by atoms with E-state index < -0.39 is 47.4 Å². The summed E-state index contributed by atoms with van der Waals surface area (Å²) in [7, 11) is 0. The third-order valence-electron chi connectivity index (χ3n) is 6.20. The Kier molecular flexibility index (Phi) is 9.05. The number of nitro groups is 1. The number of benzene rings is 3. The molecule has 212 valence electrons. The monoisotopic (exact) mass is 600 g/mol. The molecule has 2 N–H and O–H groups in total. The van der Waals surface area contributed by atoms with E-state index in [0.29, 0.717) is 0 Å². The Labute approximate surface area is 243 Å². The van der Waals surface area contributed by atoms with Gasteiger partial charge in [0.1, 0.15) is 5.75 Å². The second kappa shape index (κ2) is 12.7. The highest BCUT2D eigenvalue weighted by Crippen LogP contribution is 2.27. The number of carboxylic acid groups (broad SMARTS) is 1. The summed E-state index contributed by atoms with van der Waals surface area (Å²) in [6, 6.07) is 16.1. The first kappa shape index (κ1) is 29.3. The largest absolute Gasteiger partial charge is 0.481 e. The fraction of sp³-hybridized carbons (Fsp3) is 0.185. The van der Waals surface area contributed by atoms with E-state index in [4.69, 9.17) is 27.9 Å². The van der Waals surface area contributed by atoms with Crippen molar-refractivity contribution >= 4 is 52.8 Å². The molecule has 2 atom stereocenters. The standard InChI is InChI=1S/C27H22Cl2N4O8/c28-20-10-9-17(14-21(20)29)26(37)31-11-12-32(27(38)41-19-7-2-1-3-8-19)25(31)24(36)30-22(15-23(34)35)16-5-4-6-18(13-16)33(39)40/h1-10,13-14,22,25H,11-12,15H2,(H,30,36)(H,34,35). The van der Waals surface area contributed by atoms with Crippen molar-refractivity contribution in [3.05, 3.63) is 104 Å². The van der Waals surface area contributed by atoms with E-state index in [1.54, 1.807) is 18.2 Å². The second-order valence-corrected chi connectivity index (χ2v) is 9.70. The van der Waals surface area contributed by atoms with Crippen molar-refractivity contribution in [2.24, 2.45) is 0 Å². The SMILES string of the molecule is O=C(O)CC(NC(=O)C1N(C(=O)Oc2ccccc2)CCN1C(=O)c1ccc(Cl)c(Cl)c1)c1cccc([N+](=O)[O-])c1. The summed E-state index contributed by atoms with van der Waals surface area (Å²) in [6.45, 7) is -0.154. The zero-order valence-corrected chi connectivity index (χ0v) is 22.6. The van der Waals surface area contributed by atoms with Crippen LogP contribution in [0.15, 0.2) is 72.8 Å². The Balaban J connectivity index is 1.67. The Hall–Kier alpha value is -4.68. The van der Waals surface area contributed by atoms with Gasteiger partial charge in [0.25, 0.3) is 17.5 Å². The highest BCUT2D eigenvalue weighted by molar-refractivity contribution is 6.42. The van der Waals surface area contributed by atoms with Crippen molar-refractivity contribution in [1.82, 2.24) is 15.1 Å². The Bertz CT molecular complexity index is 1500. The molecule has 0 saturated carbocycles. The van der Waals surface area contributed by atoms with E-state index in [2.05, 4.69) is 5.32 Å². The number of carbonyl (C=O) groups excluding carboxylic acids is 3. The third-order valence-corrected chi connectivity index (χ3v) is 6.93. The predicted molar refractivity (Wildman–Crippen MR) is 147 cm³/mol. The molecular weight excluding hydrogens is 579 g/mol. The number of aliphatic carboxylic acids is 1. The number of nitrogens with zero attached hydrogens (tertiary/aromatic N) is 3. The highest BCUT2D eigenvalue weighted by atomic mass is 35.5. The minimum atomic E-state index is -1.55. The fourth-order valence-electron chi connectivity index (χ4n) is 4.29. The van der Waals surface area contributed by atoms with Crippen LogP contribution in [-0.2, 0) is 9.59 Å². The van der Waals surface area contributed by atoms with Crippen molar-refractivity contribution in [3.8, 4) is 5.75 Å². The summed E-state index contributed by atoms with van der Waals surface area (Å²) in [6.07, 6.45) is -3.11. The number of non-ortho nitro benzene ring substituents is 1. The molecule has 3 amide bonds. The van der Waals surface area contributed by atoms with Gasteiger partial charge in [-0.15, -0.1) is 0 Å². The molecule has 0 bridgehead atoms. The molecule has 0 spiro atoms. The van der Waals surface area contributed by atoms with Crippen LogP contribution in [0, 0.1) is 10.1 Å². The quantitative estimate of drug-likeness (QED) is 0.282. The zero-order chi connectivity index (χ0) is 29.7. The third kappa shape index (κ3) is 6.91. The van der Waals surface area contributed by atoms with Gasteiger partial charge in [-0.05, 0) is 35.9 Å². The van der Waals surface area contributed by atoms with Gasteiger partial charge in [0, 0.05) is 30.8 Å². The molecule has 41 heavy (non-hydrogen) atoms. The smallest absolute Gasteiger partial charge is 0.417 e. The summed E-state index contributed by atoms with van der Waals surface area (Å²) in [5.41, 5.74) is -0.0672. The first-order valence-electron chi connectivity index (χ1n) is 12.1. The van der Waals surface area contributed by atoms with Gasteiger partial charge in [-0.1, -0.05) is 53.5 Å². The molecular formula is C27H22Cl2N4O8. The van der Waals surface area contributed by atoms with Crippen LogP contribution in [0.25, 0.3) is 0 Å². The predicted octanol–water partition coefficient (Wildman–Crippen LogP) is 4.52. The molecule has 1 fully saturated rings. The van der Waals surface area contributed by atoms with E-state index in [0.717, 1.165) is 15.9 Å². The molecule has 1 aliphatic rings. The maximum atomic E-state index is 13.7. The average Bonchev–Trinajstić information content (AvgIpc) is 3.40. The van der Waals surface area contributed by atoms with E-state index >= 15 is 0 Å². The number of hydrogen-bond acceptors (Lipinski definition) is 7. The van der Waals surface area contributed by atoms with Gasteiger partial charge in [0.05, 0.1) is 27.4 Å². The van der Waals surface area contributed by atoms with Gasteiger partial charge >= 0.3 is 12.1 Å². The fourth-order valence-corrected chi connectivity index (χ4v) is 4.58. The van der Waals surface area contributed by atoms with Gasteiger partial charge in [0.15, 0.2) is 6.17 Å². The molecule has 3 aromatic carbocycles. The first-order valence-corrected chi connectivity index (χ1v) is 12.9. The molecule has 0 aromatic heterocycles. The highest BCUT2D eigenvalue weighted by Gasteiger charge is 2.44. The molecule has 1 aliphatic heterocycles. The summed E-state index contributed by atoms with van der Waals surface area (Å²) < 4.78 is 5.40. The maximum Gasteiger partial charge on any atom is 0.417 e. The van der Waals surface area contributed by atoms with Crippen LogP contribution in [0.4, 0.5) is 10.5 Å². The van der Waals surface area contributed by atoms with E-state index in [-0.39, 0.29) is 45.7 Å². The van der Waals surface area contributed by atoms with Crippen molar-refractivity contribution in [2.45, 2.75) is 18.6 Å². The van der Waals surface area contributed by atoms with Crippen LogP contribution in [0.1, 0.15) is 28.4 Å². The Morgan fingerprint density at radius 3 is 2.34 bits per heavy atom. The average molecular weight is 601 g/mol. The van der Waals surface area contributed by atoms with Crippen molar-refractivity contribution in [1.29, 1.82) is 0 Å². The van der Waals surface area contributed by atoms with Crippen LogP contribution >= 0.6 is 23.2 Å². The Morgan fingerprint density at radius 2 is 1.68 bits per heavy atom. The van der Waals surface area contributed by atoms with Crippen molar-refractivity contribution in [3.63, 3.8) is 0 Å². The Morgan fingerprint density at radius 1 is 0.976 bits per heavy atom. The van der Waals surface area contributed by atoms with Crippen LogP contribution in [0.5, 0.6) is 5.75 Å². The number of para-hydroxylation sites is 1. The van der Waals surface area contributed by atoms with Crippen molar-refractivity contribution < 1.29 is 33.9 Å². The number of nitrogens with one attached hydrogen (secondary N) is 1. The molecule has 14 heteroatoms. The number of hydrogen-bond donors (Lipinski definition) is 2. The first-order chi connectivity index (χ1) is 19.5. The molecule has 2 unspecified atom stereocenters. The van der Waals surface area contributed by atoms with Crippen LogP contribution in [0.2, 0.25) is 10.0 Å².